The van der Waals surface area contributed by atoms with Gasteiger partial charge in [0.25, 0.3) is 0 Å². The molecular formula is C5H2Cl3N3. The summed E-state index contributed by atoms with van der Waals surface area (Å²) in [6, 6.07) is 3.00. The minimum atomic E-state index is -1.89. The molecule has 0 bridgehead atoms. The van der Waals surface area contributed by atoms with Gasteiger partial charge in [-0.15, -0.1) is 0 Å². The SMILES string of the molecule is N#CC(C#N)=C(N)C(Cl)(Cl)Cl. The zero-order valence-corrected chi connectivity index (χ0v) is 7.37. The van der Waals surface area contributed by atoms with Gasteiger partial charge < -0.3 is 5.73 Å². The molecule has 0 aliphatic rings. The summed E-state index contributed by atoms with van der Waals surface area (Å²) < 4.78 is -1.89. The van der Waals surface area contributed by atoms with Crippen LogP contribution in [0.15, 0.2) is 11.3 Å². The van der Waals surface area contributed by atoms with E-state index in [0.717, 1.165) is 0 Å². The number of hydrogen-bond acceptors (Lipinski definition) is 3. The second-order valence-corrected chi connectivity index (χ2v) is 3.79. The standard InChI is InChI=1S/C5H2Cl3N3/c6-5(7,8)4(11)3(1-9)2-10/h11H2. The summed E-state index contributed by atoms with van der Waals surface area (Å²) in [5.41, 5.74) is 4.42. The van der Waals surface area contributed by atoms with Crippen LogP contribution in [0.25, 0.3) is 0 Å². The quantitative estimate of drug-likeness (QED) is 0.488. The summed E-state index contributed by atoms with van der Waals surface area (Å²) in [5, 5.41) is 16.5. The average molecular weight is 210 g/mol. The first-order valence-electron chi connectivity index (χ1n) is 2.30. The maximum atomic E-state index is 8.27. The number of nitrogens with zero attached hydrogens (tertiary/aromatic N) is 2. The molecule has 0 saturated carbocycles. The molecule has 0 rings (SSSR count). The van der Waals surface area contributed by atoms with E-state index >= 15 is 0 Å². The number of alkyl halides is 3. The van der Waals surface area contributed by atoms with Gasteiger partial charge in [0.1, 0.15) is 12.1 Å². The molecule has 0 saturated heterocycles. The molecule has 0 aliphatic carbocycles. The highest BCUT2D eigenvalue weighted by atomic mass is 35.6. The van der Waals surface area contributed by atoms with Crippen molar-refractivity contribution >= 4 is 34.8 Å². The second-order valence-electron chi connectivity index (χ2n) is 1.51. The first-order chi connectivity index (χ1) is 4.93. The topological polar surface area (TPSA) is 73.6 Å². The lowest BCUT2D eigenvalue weighted by molar-refractivity contribution is 1.17. The van der Waals surface area contributed by atoms with Gasteiger partial charge in [-0.1, -0.05) is 34.8 Å². The molecule has 0 spiro atoms. The Morgan fingerprint density at radius 3 is 1.64 bits per heavy atom. The van der Waals surface area contributed by atoms with Gasteiger partial charge in [0.15, 0.2) is 5.57 Å². The highest BCUT2D eigenvalue weighted by molar-refractivity contribution is 6.69. The van der Waals surface area contributed by atoms with Crippen molar-refractivity contribution in [3.05, 3.63) is 11.3 Å². The Labute approximate surface area is 78.5 Å². The van der Waals surface area contributed by atoms with Crippen LogP contribution in [0, 0.1) is 22.7 Å². The third-order valence-electron chi connectivity index (χ3n) is 0.798. The van der Waals surface area contributed by atoms with Crippen LogP contribution in [-0.2, 0) is 0 Å². The molecule has 0 heterocycles. The molecule has 0 radical (unpaired) electrons. The zero-order chi connectivity index (χ0) is 9.07. The molecule has 0 aromatic carbocycles. The highest BCUT2D eigenvalue weighted by Crippen LogP contribution is 2.32. The molecule has 0 amide bonds. The normalized spacial score (nSPS) is 9.55. The lowest BCUT2D eigenvalue weighted by atomic mass is 10.3. The molecular weight excluding hydrogens is 208 g/mol. The van der Waals surface area contributed by atoms with Crippen molar-refractivity contribution in [1.82, 2.24) is 0 Å². The Morgan fingerprint density at radius 2 is 1.55 bits per heavy atom. The number of hydrogen-bond donors (Lipinski definition) is 1. The van der Waals surface area contributed by atoms with Crippen molar-refractivity contribution in [3.8, 4) is 12.1 Å². The van der Waals surface area contributed by atoms with Gasteiger partial charge in [0.05, 0.1) is 5.70 Å². The van der Waals surface area contributed by atoms with Crippen molar-refractivity contribution in [1.29, 1.82) is 10.5 Å². The fourth-order valence-electron chi connectivity index (χ4n) is 0.287. The summed E-state index contributed by atoms with van der Waals surface area (Å²) in [5.74, 6) is 0. The van der Waals surface area contributed by atoms with Crippen LogP contribution in [0.3, 0.4) is 0 Å². The van der Waals surface area contributed by atoms with Crippen LogP contribution in [0.1, 0.15) is 0 Å². The fraction of sp³-hybridized carbons (Fsp3) is 0.200. The Morgan fingerprint density at radius 1 is 1.18 bits per heavy atom. The predicted octanol–water partition coefficient (Wildman–Crippen LogP) is 1.62. The fourth-order valence-corrected chi connectivity index (χ4v) is 0.571. The molecule has 0 fully saturated rings. The van der Waals surface area contributed by atoms with Crippen LogP contribution >= 0.6 is 34.8 Å². The number of nitrogens with two attached hydrogens (primary N) is 1. The van der Waals surface area contributed by atoms with Crippen LogP contribution in [0.4, 0.5) is 0 Å². The second kappa shape index (κ2) is 3.69. The van der Waals surface area contributed by atoms with Gasteiger partial charge >= 0.3 is 0 Å². The molecule has 0 aromatic heterocycles. The van der Waals surface area contributed by atoms with Crippen LogP contribution in [0.5, 0.6) is 0 Å². The van der Waals surface area contributed by atoms with Crippen molar-refractivity contribution in [2.75, 3.05) is 0 Å². The Bertz CT molecular complexity index is 246. The third-order valence-corrected chi connectivity index (χ3v) is 1.41. The van der Waals surface area contributed by atoms with E-state index < -0.39 is 3.79 Å². The van der Waals surface area contributed by atoms with E-state index in [1.54, 1.807) is 0 Å². The van der Waals surface area contributed by atoms with E-state index in [4.69, 9.17) is 51.1 Å². The zero-order valence-electron chi connectivity index (χ0n) is 5.11. The molecule has 0 unspecified atom stereocenters. The number of halogens is 3. The average Bonchev–Trinajstić information content (AvgIpc) is 1.88. The van der Waals surface area contributed by atoms with E-state index in [9.17, 15) is 0 Å². The van der Waals surface area contributed by atoms with Gasteiger partial charge in [-0.25, -0.2) is 0 Å². The maximum Gasteiger partial charge on any atom is 0.231 e. The summed E-state index contributed by atoms with van der Waals surface area (Å²) in [6.07, 6.45) is 0. The van der Waals surface area contributed by atoms with E-state index in [1.807, 2.05) is 0 Å². The summed E-state index contributed by atoms with van der Waals surface area (Å²) in [6.45, 7) is 0. The molecule has 3 nitrogen and oxygen atoms in total. The molecule has 0 aliphatic heterocycles. The van der Waals surface area contributed by atoms with Crippen LogP contribution in [0.2, 0.25) is 0 Å². The van der Waals surface area contributed by atoms with E-state index in [2.05, 4.69) is 0 Å². The van der Waals surface area contributed by atoms with Gasteiger partial charge in [0, 0.05) is 0 Å². The Balaban J connectivity index is 5.01. The molecule has 11 heavy (non-hydrogen) atoms. The van der Waals surface area contributed by atoms with Crippen molar-refractivity contribution in [2.45, 2.75) is 3.79 Å². The number of rotatable bonds is 0. The smallest absolute Gasteiger partial charge is 0.231 e. The molecule has 0 aromatic rings. The molecule has 58 valence electrons. The van der Waals surface area contributed by atoms with Crippen molar-refractivity contribution in [3.63, 3.8) is 0 Å². The maximum absolute atomic E-state index is 8.27. The first-order valence-corrected chi connectivity index (χ1v) is 3.44. The van der Waals surface area contributed by atoms with Gasteiger partial charge in [-0.2, -0.15) is 10.5 Å². The predicted molar refractivity (Wildman–Crippen MR) is 42.7 cm³/mol. The van der Waals surface area contributed by atoms with Crippen LogP contribution < -0.4 is 5.73 Å². The number of nitriles is 2. The first kappa shape index (κ1) is 10.4. The summed E-state index contributed by atoms with van der Waals surface area (Å²) in [7, 11) is 0. The van der Waals surface area contributed by atoms with E-state index in [-0.39, 0.29) is 11.3 Å². The minimum Gasteiger partial charge on any atom is -0.397 e. The van der Waals surface area contributed by atoms with Gasteiger partial charge in [-0.05, 0) is 0 Å². The highest BCUT2D eigenvalue weighted by Gasteiger charge is 2.26. The van der Waals surface area contributed by atoms with Crippen molar-refractivity contribution in [2.24, 2.45) is 5.73 Å². The number of allylic oxidation sites excluding steroid dienone is 2. The Kier molecular flexibility index (Phi) is 3.48. The summed E-state index contributed by atoms with van der Waals surface area (Å²) >= 11 is 15.8. The van der Waals surface area contributed by atoms with Gasteiger partial charge in [-0.3, -0.25) is 0 Å². The largest absolute Gasteiger partial charge is 0.397 e. The van der Waals surface area contributed by atoms with E-state index in [1.165, 1.54) is 12.1 Å². The van der Waals surface area contributed by atoms with Crippen molar-refractivity contribution < 1.29 is 0 Å². The lowest BCUT2D eigenvalue weighted by Crippen LogP contribution is -2.17. The van der Waals surface area contributed by atoms with Crippen LogP contribution in [-0.4, -0.2) is 3.79 Å². The lowest BCUT2D eigenvalue weighted by Gasteiger charge is -2.09. The summed E-state index contributed by atoms with van der Waals surface area (Å²) in [4.78, 5) is 0. The molecule has 2 N–H and O–H groups in total. The monoisotopic (exact) mass is 209 g/mol. The molecule has 6 heteroatoms. The van der Waals surface area contributed by atoms with E-state index in [0.29, 0.717) is 0 Å². The third kappa shape index (κ3) is 2.86. The molecule has 0 atom stereocenters. The minimum absolute atomic E-state index is 0.354. The van der Waals surface area contributed by atoms with Gasteiger partial charge in [0.2, 0.25) is 3.79 Å². The Hall–Kier alpha value is -0.610.